The van der Waals surface area contributed by atoms with E-state index in [2.05, 4.69) is 27.7 Å². The van der Waals surface area contributed by atoms with Crippen LogP contribution in [0.3, 0.4) is 0 Å². The van der Waals surface area contributed by atoms with Crippen molar-refractivity contribution in [3.8, 4) is 0 Å². The Morgan fingerprint density at radius 2 is 1.95 bits per heavy atom. The minimum Gasteiger partial charge on any atom is -0.378 e. The summed E-state index contributed by atoms with van der Waals surface area (Å²) in [5.41, 5.74) is 6.32. The zero-order valence-corrected chi connectivity index (χ0v) is 13.1. The van der Waals surface area contributed by atoms with Gasteiger partial charge in [-0.25, -0.2) is 0 Å². The molecule has 0 saturated carbocycles. The molecule has 2 fully saturated rings. The molecule has 0 aromatic rings. The molecule has 112 valence electrons. The number of hydrogen-bond donors (Lipinski definition) is 1. The summed E-state index contributed by atoms with van der Waals surface area (Å²) < 4.78 is 11.9. The summed E-state index contributed by atoms with van der Waals surface area (Å²) in [7, 11) is 0. The molecule has 3 unspecified atom stereocenters. The minimum atomic E-state index is -0.101. The highest BCUT2D eigenvalue weighted by molar-refractivity contribution is 4.98. The van der Waals surface area contributed by atoms with Crippen molar-refractivity contribution in [2.45, 2.75) is 89.6 Å². The van der Waals surface area contributed by atoms with Crippen LogP contribution in [0.15, 0.2) is 0 Å². The van der Waals surface area contributed by atoms with Crippen LogP contribution >= 0.6 is 0 Å². The van der Waals surface area contributed by atoms with Crippen molar-refractivity contribution in [3.05, 3.63) is 0 Å². The lowest BCUT2D eigenvalue weighted by atomic mass is 9.80. The van der Waals surface area contributed by atoms with Gasteiger partial charge in [-0.1, -0.05) is 0 Å². The van der Waals surface area contributed by atoms with Crippen LogP contribution in [-0.2, 0) is 9.47 Å². The Bertz CT molecular complexity index is 295. The normalized spacial score (nSPS) is 35.2. The van der Waals surface area contributed by atoms with Crippen molar-refractivity contribution < 1.29 is 9.47 Å². The maximum absolute atomic E-state index is 6.46. The predicted octanol–water partition coefficient (Wildman–Crippen LogP) is 3.26. The lowest BCUT2D eigenvalue weighted by Gasteiger charge is -2.32. The first-order chi connectivity index (χ1) is 8.80. The minimum absolute atomic E-state index is 0.0346. The Morgan fingerprint density at radius 3 is 2.47 bits per heavy atom. The molecular formula is C16H31NO2. The van der Waals surface area contributed by atoms with Gasteiger partial charge in [0.1, 0.15) is 0 Å². The van der Waals surface area contributed by atoms with Gasteiger partial charge < -0.3 is 15.2 Å². The standard InChI is InChI=1S/C16H31NO2/c1-15(2)11-13(16(3,4)19-15)14(17)9-8-12-7-5-6-10-18-12/h12-14H,5-11,17H2,1-4H3. The topological polar surface area (TPSA) is 44.5 Å². The van der Waals surface area contributed by atoms with Gasteiger partial charge in [-0.05, 0) is 66.2 Å². The summed E-state index contributed by atoms with van der Waals surface area (Å²) in [6, 6.07) is 0.224. The lowest BCUT2D eigenvalue weighted by Crippen LogP contribution is -2.41. The Labute approximate surface area is 118 Å². The van der Waals surface area contributed by atoms with E-state index in [0.717, 1.165) is 25.9 Å². The molecule has 2 aliphatic rings. The molecule has 0 radical (unpaired) electrons. The molecular weight excluding hydrogens is 238 g/mol. The SMILES string of the molecule is CC1(C)CC(C(N)CCC2CCCCO2)C(C)(C)O1. The summed E-state index contributed by atoms with van der Waals surface area (Å²) in [4.78, 5) is 0. The highest BCUT2D eigenvalue weighted by Crippen LogP contribution is 2.44. The fraction of sp³-hybridized carbons (Fsp3) is 1.00. The van der Waals surface area contributed by atoms with Crippen LogP contribution in [-0.4, -0.2) is 30.0 Å². The van der Waals surface area contributed by atoms with E-state index in [1.54, 1.807) is 0 Å². The maximum atomic E-state index is 6.46. The summed E-state index contributed by atoms with van der Waals surface area (Å²) in [6.45, 7) is 9.65. The first-order valence-electron chi connectivity index (χ1n) is 7.87. The number of hydrogen-bond acceptors (Lipinski definition) is 3. The average molecular weight is 269 g/mol. The summed E-state index contributed by atoms with van der Waals surface area (Å²) >= 11 is 0. The van der Waals surface area contributed by atoms with Crippen molar-refractivity contribution in [3.63, 3.8) is 0 Å². The molecule has 0 aliphatic carbocycles. The van der Waals surface area contributed by atoms with Crippen LogP contribution in [0, 0.1) is 5.92 Å². The Morgan fingerprint density at radius 1 is 1.21 bits per heavy atom. The molecule has 2 heterocycles. The lowest BCUT2D eigenvalue weighted by molar-refractivity contribution is -0.0773. The zero-order chi connectivity index (χ0) is 14.1. The second-order valence-corrected chi connectivity index (χ2v) is 7.51. The molecule has 0 aromatic heterocycles. The third-order valence-corrected chi connectivity index (χ3v) is 4.76. The van der Waals surface area contributed by atoms with Crippen LogP contribution in [0.25, 0.3) is 0 Å². The average Bonchev–Trinajstić information content (AvgIpc) is 2.56. The molecule has 2 rings (SSSR count). The molecule has 3 atom stereocenters. The van der Waals surface area contributed by atoms with Crippen LogP contribution in [0.4, 0.5) is 0 Å². The van der Waals surface area contributed by atoms with Crippen molar-refractivity contribution >= 4 is 0 Å². The summed E-state index contributed by atoms with van der Waals surface area (Å²) in [5, 5.41) is 0. The van der Waals surface area contributed by atoms with E-state index in [4.69, 9.17) is 15.2 Å². The Balaban J connectivity index is 1.83. The largest absolute Gasteiger partial charge is 0.378 e. The van der Waals surface area contributed by atoms with Gasteiger partial charge in [0.15, 0.2) is 0 Å². The van der Waals surface area contributed by atoms with Crippen LogP contribution in [0.5, 0.6) is 0 Å². The van der Waals surface area contributed by atoms with Crippen molar-refractivity contribution in [1.29, 1.82) is 0 Å². The second-order valence-electron chi connectivity index (χ2n) is 7.51. The third kappa shape index (κ3) is 3.93. The van der Waals surface area contributed by atoms with Gasteiger partial charge in [-0.2, -0.15) is 0 Å². The molecule has 0 aromatic carbocycles. The molecule has 0 amide bonds. The molecule has 2 N–H and O–H groups in total. The van der Waals surface area contributed by atoms with Crippen molar-refractivity contribution in [2.75, 3.05) is 6.61 Å². The monoisotopic (exact) mass is 269 g/mol. The van der Waals surface area contributed by atoms with E-state index < -0.39 is 0 Å². The van der Waals surface area contributed by atoms with E-state index in [0.29, 0.717) is 12.0 Å². The zero-order valence-electron chi connectivity index (χ0n) is 13.1. The van der Waals surface area contributed by atoms with E-state index in [-0.39, 0.29) is 17.2 Å². The quantitative estimate of drug-likeness (QED) is 0.852. The first kappa shape index (κ1) is 15.3. The van der Waals surface area contributed by atoms with Crippen molar-refractivity contribution in [1.82, 2.24) is 0 Å². The maximum Gasteiger partial charge on any atom is 0.0677 e. The van der Waals surface area contributed by atoms with Gasteiger partial charge >= 0.3 is 0 Å². The second kappa shape index (κ2) is 5.71. The fourth-order valence-corrected chi connectivity index (χ4v) is 3.89. The van der Waals surface area contributed by atoms with E-state index in [9.17, 15) is 0 Å². The Hall–Kier alpha value is -0.120. The van der Waals surface area contributed by atoms with Gasteiger partial charge in [0.2, 0.25) is 0 Å². The molecule has 2 aliphatic heterocycles. The van der Waals surface area contributed by atoms with Gasteiger partial charge in [-0.15, -0.1) is 0 Å². The van der Waals surface area contributed by atoms with Gasteiger partial charge in [-0.3, -0.25) is 0 Å². The van der Waals surface area contributed by atoms with E-state index >= 15 is 0 Å². The number of ether oxygens (including phenoxy) is 2. The highest BCUT2D eigenvalue weighted by Gasteiger charge is 2.47. The molecule has 2 saturated heterocycles. The highest BCUT2D eigenvalue weighted by atomic mass is 16.5. The third-order valence-electron chi connectivity index (χ3n) is 4.76. The van der Waals surface area contributed by atoms with E-state index in [1.165, 1.54) is 19.3 Å². The molecule has 0 spiro atoms. The van der Waals surface area contributed by atoms with Crippen LogP contribution in [0.1, 0.15) is 66.2 Å². The van der Waals surface area contributed by atoms with Gasteiger partial charge in [0.05, 0.1) is 17.3 Å². The molecule has 19 heavy (non-hydrogen) atoms. The van der Waals surface area contributed by atoms with E-state index in [1.807, 2.05) is 0 Å². The number of rotatable bonds is 4. The predicted molar refractivity (Wildman–Crippen MR) is 78.2 cm³/mol. The fourth-order valence-electron chi connectivity index (χ4n) is 3.89. The van der Waals surface area contributed by atoms with Gasteiger partial charge in [0.25, 0.3) is 0 Å². The Kier molecular flexibility index (Phi) is 4.59. The number of nitrogens with two attached hydrogens (primary N) is 1. The smallest absolute Gasteiger partial charge is 0.0677 e. The summed E-state index contributed by atoms with van der Waals surface area (Å²) in [5.74, 6) is 0.450. The molecule has 3 heteroatoms. The van der Waals surface area contributed by atoms with Gasteiger partial charge in [0, 0.05) is 18.6 Å². The molecule has 0 bridgehead atoms. The summed E-state index contributed by atoms with van der Waals surface area (Å²) in [6.07, 6.45) is 7.41. The van der Waals surface area contributed by atoms with Crippen molar-refractivity contribution in [2.24, 2.45) is 11.7 Å². The first-order valence-corrected chi connectivity index (χ1v) is 7.87. The van der Waals surface area contributed by atoms with Crippen LogP contribution in [0.2, 0.25) is 0 Å². The van der Waals surface area contributed by atoms with Crippen LogP contribution < -0.4 is 5.73 Å². The molecule has 3 nitrogen and oxygen atoms in total.